The molecule has 1 aromatic rings. The zero-order chi connectivity index (χ0) is 13.9. The first-order chi connectivity index (χ1) is 8.35. The first-order valence-electron chi connectivity index (χ1n) is 6.33. The van der Waals surface area contributed by atoms with E-state index in [1.54, 1.807) is 6.92 Å². The Kier molecular flexibility index (Phi) is 4.73. The molecule has 0 atom stereocenters. The molecule has 0 bridgehead atoms. The van der Waals surface area contributed by atoms with Crippen LogP contribution in [0.15, 0.2) is 4.90 Å². The molecule has 0 fully saturated rings. The van der Waals surface area contributed by atoms with E-state index in [9.17, 15) is 8.42 Å². The average molecular weight is 270 g/mol. The molecule has 0 saturated carbocycles. The van der Waals surface area contributed by atoms with Gasteiger partial charge in [-0.25, -0.2) is 13.4 Å². The Labute approximate surface area is 110 Å². The van der Waals surface area contributed by atoms with Gasteiger partial charge in [0, 0.05) is 5.69 Å². The lowest BCUT2D eigenvalue weighted by Gasteiger charge is -2.15. The molecule has 1 rings (SSSR count). The molecule has 1 heterocycles. The van der Waals surface area contributed by atoms with E-state index in [0.717, 1.165) is 36.1 Å². The van der Waals surface area contributed by atoms with Crippen LogP contribution in [0.1, 0.15) is 43.5 Å². The van der Waals surface area contributed by atoms with E-state index in [4.69, 9.17) is 5.73 Å². The molecule has 0 aliphatic heterocycles. The largest absolute Gasteiger partial charge is 0.383 e. The van der Waals surface area contributed by atoms with Crippen molar-refractivity contribution in [2.24, 2.45) is 0 Å². The van der Waals surface area contributed by atoms with Gasteiger partial charge in [0.15, 0.2) is 9.84 Å². The van der Waals surface area contributed by atoms with Gasteiger partial charge >= 0.3 is 0 Å². The molecule has 0 radical (unpaired) electrons. The summed E-state index contributed by atoms with van der Waals surface area (Å²) in [5.74, 6) is 0.183. The number of nitrogens with zero attached hydrogens (tertiary/aromatic N) is 1. The van der Waals surface area contributed by atoms with Crippen LogP contribution in [0, 0.1) is 13.8 Å². The fraction of sp³-hybridized carbons (Fsp3) is 0.615. The third kappa shape index (κ3) is 2.83. The maximum Gasteiger partial charge on any atom is 0.182 e. The predicted molar refractivity (Wildman–Crippen MR) is 74.5 cm³/mol. The van der Waals surface area contributed by atoms with Crippen LogP contribution in [-0.2, 0) is 16.3 Å². The van der Waals surface area contributed by atoms with Crippen molar-refractivity contribution in [3.05, 3.63) is 16.8 Å². The zero-order valence-electron chi connectivity index (χ0n) is 11.6. The van der Waals surface area contributed by atoms with Crippen molar-refractivity contribution in [1.82, 2.24) is 4.98 Å². The van der Waals surface area contributed by atoms with Gasteiger partial charge in [0.2, 0.25) is 0 Å². The highest BCUT2D eigenvalue weighted by Gasteiger charge is 2.22. The Morgan fingerprint density at radius 2 is 1.83 bits per heavy atom. The van der Waals surface area contributed by atoms with Crippen LogP contribution >= 0.6 is 0 Å². The number of pyridine rings is 1. The average Bonchev–Trinajstić information content (AvgIpc) is 2.28. The van der Waals surface area contributed by atoms with Gasteiger partial charge in [-0.3, -0.25) is 0 Å². The van der Waals surface area contributed by atoms with E-state index in [-0.39, 0.29) is 16.5 Å². The first-order valence-corrected chi connectivity index (χ1v) is 7.98. The summed E-state index contributed by atoms with van der Waals surface area (Å²) in [6.45, 7) is 7.45. The lowest BCUT2D eigenvalue weighted by atomic mass is 10.0. The topological polar surface area (TPSA) is 73.0 Å². The van der Waals surface area contributed by atoms with Gasteiger partial charge in [-0.1, -0.05) is 20.3 Å². The van der Waals surface area contributed by atoms with Crippen molar-refractivity contribution in [3.63, 3.8) is 0 Å². The summed E-state index contributed by atoms with van der Waals surface area (Å²) in [6, 6.07) is 0. The fourth-order valence-electron chi connectivity index (χ4n) is 2.16. The normalized spacial score (nSPS) is 11.8. The summed E-state index contributed by atoms with van der Waals surface area (Å²) in [7, 11) is -3.31. The monoisotopic (exact) mass is 270 g/mol. The SMILES string of the molecule is CCCCc1c(C)nc(N)c(S(=O)(=O)CC)c1C. The van der Waals surface area contributed by atoms with Gasteiger partial charge in [0.1, 0.15) is 10.7 Å². The summed E-state index contributed by atoms with van der Waals surface area (Å²) < 4.78 is 24.1. The second kappa shape index (κ2) is 5.69. The summed E-state index contributed by atoms with van der Waals surface area (Å²) in [5.41, 5.74) is 8.43. The molecule has 0 saturated heterocycles. The highest BCUT2D eigenvalue weighted by atomic mass is 32.2. The van der Waals surface area contributed by atoms with E-state index in [1.807, 2.05) is 13.8 Å². The summed E-state index contributed by atoms with van der Waals surface area (Å²) in [4.78, 5) is 4.42. The first kappa shape index (κ1) is 15.0. The van der Waals surface area contributed by atoms with Crippen molar-refractivity contribution in [3.8, 4) is 0 Å². The maximum absolute atomic E-state index is 12.1. The van der Waals surface area contributed by atoms with E-state index >= 15 is 0 Å². The minimum Gasteiger partial charge on any atom is -0.383 e. The number of unbranched alkanes of at least 4 members (excludes halogenated alkanes) is 1. The molecule has 0 aliphatic carbocycles. The summed E-state index contributed by atoms with van der Waals surface area (Å²) in [6.07, 6.45) is 2.95. The van der Waals surface area contributed by atoms with Crippen LogP contribution in [0.4, 0.5) is 5.82 Å². The fourth-order valence-corrected chi connectivity index (χ4v) is 3.40. The van der Waals surface area contributed by atoms with Crippen molar-refractivity contribution >= 4 is 15.7 Å². The minimum atomic E-state index is -3.31. The van der Waals surface area contributed by atoms with E-state index < -0.39 is 9.84 Å². The Morgan fingerprint density at radius 3 is 2.33 bits per heavy atom. The Hall–Kier alpha value is -1.10. The lowest BCUT2D eigenvalue weighted by Crippen LogP contribution is -2.14. The molecule has 5 heteroatoms. The highest BCUT2D eigenvalue weighted by molar-refractivity contribution is 7.91. The number of nitrogens with two attached hydrogens (primary N) is 1. The Bertz CT molecular complexity index is 536. The third-order valence-electron chi connectivity index (χ3n) is 3.22. The molecule has 2 N–H and O–H groups in total. The van der Waals surface area contributed by atoms with Crippen molar-refractivity contribution < 1.29 is 8.42 Å². The van der Waals surface area contributed by atoms with Gasteiger partial charge in [-0.2, -0.15) is 0 Å². The number of nitrogen functional groups attached to an aromatic ring is 1. The standard InChI is InChI=1S/C13H22N2O2S/c1-5-7-8-11-9(3)12(18(16,17)6-2)13(14)15-10(11)4/h5-8H2,1-4H3,(H2,14,15). The predicted octanol–water partition coefficient (Wildman–Crippen LogP) is 2.42. The zero-order valence-corrected chi connectivity index (χ0v) is 12.4. The molecule has 4 nitrogen and oxygen atoms in total. The number of aromatic nitrogens is 1. The molecule has 102 valence electrons. The Morgan fingerprint density at radius 1 is 1.22 bits per heavy atom. The number of hydrogen-bond acceptors (Lipinski definition) is 4. The molecule has 0 aromatic carbocycles. The van der Waals surface area contributed by atoms with Crippen molar-refractivity contribution in [2.75, 3.05) is 11.5 Å². The van der Waals surface area contributed by atoms with Gasteiger partial charge in [-0.15, -0.1) is 0 Å². The van der Waals surface area contributed by atoms with Gasteiger partial charge in [-0.05, 0) is 37.8 Å². The number of sulfone groups is 1. The molecule has 0 spiro atoms. The molecule has 0 amide bonds. The Balaban J connectivity index is 3.45. The molecular weight excluding hydrogens is 248 g/mol. The quantitative estimate of drug-likeness (QED) is 0.891. The van der Waals surface area contributed by atoms with Crippen LogP contribution < -0.4 is 5.73 Å². The van der Waals surface area contributed by atoms with E-state index in [0.29, 0.717) is 0 Å². The molecular formula is C13H22N2O2S. The van der Waals surface area contributed by atoms with E-state index in [1.165, 1.54) is 0 Å². The maximum atomic E-state index is 12.1. The number of anilines is 1. The van der Waals surface area contributed by atoms with Crippen molar-refractivity contribution in [1.29, 1.82) is 0 Å². The van der Waals surface area contributed by atoms with Crippen molar-refractivity contribution in [2.45, 2.75) is 51.9 Å². The smallest absolute Gasteiger partial charge is 0.182 e. The van der Waals surface area contributed by atoms with Gasteiger partial charge in [0.05, 0.1) is 5.75 Å². The van der Waals surface area contributed by atoms with Crippen LogP contribution in [0.5, 0.6) is 0 Å². The van der Waals surface area contributed by atoms with Crippen LogP contribution in [0.25, 0.3) is 0 Å². The van der Waals surface area contributed by atoms with Crippen LogP contribution in [-0.4, -0.2) is 19.2 Å². The number of aryl methyl sites for hydroxylation is 1. The molecule has 1 aromatic heterocycles. The minimum absolute atomic E-state index is 0.0516. The number of hydrogen-bond donors (Lipinski definition) is 1. The molecule has 0 unspecified atom stereocenters. The van der Waals surface area contributed by atoms with E-state index in [2.05, 4.69) is 11.9 Å². The van der Waals surface area contributed by atoms with Crippen LogP contribution in [0.3, 0.4) is 0 Å². The third-order valence-corrected chi connectivity index (χ3v) is 5.12. The molecule has 18 heavy (non-hydrogen) atoms. The second-order valence-electron chi connectivity index (χ2n) is 4.52. The molecule has 0 aliphatic rings. The number of rotatable bonds is 5. The summed E-state index contributed by atoms with van der Waals surface area (Å²) in [5, 5.41) is 0. The second-order valence-corrected chi connectivity index (χ2v) is 6.74. The lowest BCUT2D eigenvalue weighted by molar-refractivity contribution is 0.596. The van der Waals surface area contributed by atoms with Gasteiger partial charge in [0.25, 0.3) is 0 Å². The highest BCUT2D eigenvalue weighted by Crippen LogP contribution is 2.27. The van der Waals surface area contributed by atoms with Crippen LogP contribution in [0.2, 0.25) is 0 Å². The van der Waals surface area contributed by atoms with Gasteiger partial charge < -0.3 is 5.73 Å². The summed E-state index contributed by atoms with van der Waals surface area (Å²) >= 11 is 0.